The molecule has 0 aliphatic rings. The molecule has 0 spiro atoms. The van der Waals surface area contributed by atoms with Gasteiger partial charge in [0.25, 0.3) is 0 Å². The third kappa shape index (κ3) is 9.20. The van der Waals surface area contributed by atoms with Gasteiger partial charge < -0.3 is 60.5 Å². The van der Waals surface area contributed by atoms with Crippen LogP contribution in [0.5, 0.6) is 46.0 Å². The number of carbonyl (C=O) groups is 4. The van der Waals surface area contributed by atoms with Gasteiger partial charge in [-0.25, -0.2) is 19.2 Å². The minimum atomic E-state index is -1.93. The van der Waals surface area contributed by atoms with Crippen molar-refractivity contribution in [3.8, 4) is 46.0 Å². The van der Waals surface area contributed by atoms with E-state index in [1.54, 1.807) is 0 Å². The van der Waals surface area contributed by atoms with Gasteiger partial charge in [0.15, 0.2) is 46.0 Å². The standard InChI is InChI=1S/C36H30O16/c37-22-6-1-17(12-26(22)41)11-21(36(50)52-30(35(48)49)16-19-3-8-24(39)28(43)14-19)32-20(4-9-25(40)33(32)45)5-10-31(44)51-29(34(46)47)15-18-2-7-23(38)27(42)13-18/h1-14,29-30,37-43,45H,15-16H2,(H,46,47)(H,48,49). The number of aromatic hydroxyl groups is 8. The van der Waals surface area contributed by atoms with Gasteiger partial charge in [-0.3, -0.25) is 0 Å². The molecular formula is C36H30O16. The molecule has 4 aromatic rings. The van der Waals surface area contributed by atoms with E-state index >= 15 is 0 Å². The minimum absolute atomic E-state index is 0.000712. The molecule has 0 amide bonds. The number of carboxylic acids is 2. The number of carbonyl (C=O) groups excluding carboxylic acids is 2. The first-order valence-corrected chi connectivity index (χ1v) is 14.9. The van der Waals surface area contributed by atoms with Crippen LogP contribution in [0.25, 0.3) is 17.7 Å². The lowest BCUT2D eigenvalue weighted by Gasteiger charge is -2.18. The summed E-state index contributed by atoms with van der Waals surface area (Å²) >= 11 is 0. The average Bonchev–Trinajstić information content (AvgIpc) is 3.08. The predicted molar refractivity (Wildman–Crippen MR) is 178 cm³/mol. The van der Waals surface area contributed by atoms with Crippen LogP contribution in [0.1, 0.15) is 27.8 Å². The maximum atomic E-state index is 13.8. The summed E-state index contributed by atoms with van der Waals surface area (Å²) in [5.74, 6) is -10.8. The molecule has 16 heteroatoms. The van der Waals surface area contributed by atoms with Gasteiger partial charge in [-0.1, -0.05) is 24.3 Å². The number of hydrogen-bond acceptors (Lipinski definition) is 14. The highest BCUT2D eigenvalue weighted by molar-refractivity contribution is 6.24. The SMILES string of the molecule is O=C(C=Cc1ccc(O)c(O)c1C(=Cc1ccc(O)c(O)c1)C(=O)OC(Cc1ccc(O)c(O)c1)C(=O)O)OC(Cc1ccc(O)c(O)c1)C(=O)O. The molecule has 16 nitrogen and oxygen atoms in total. The lowest BCUT2D eigenvalue weighted by atomic mass is 9.95. The molecule has 4 aromatic carbocycles. The Labute approximate surface area is 292 Å². The molecule has 2 atom stereocenters. The molecule has 0 aromatic heterocycles. The molecule has 10 N–H and O–H groups in total. The van der Waals surface area contributed by atoms with E-state index in [0.29, 0.717) is 0 Å². The smallest absolute Gasteiger partial charge is 0.345 e. The summed E-state index contributed by atoms with van der Waals surface area (Å²) in [5.41, 5.74) is -1.03. The quantitative estimate of drug-likeness (QED) is 0.0410. The number of hydrogen-bond donors (Lipinski definition) is 10. The Morgan fingerprint density at radius 3 is 1.56 bits per heavy atom. The van der Waals surface area contributed by atoms with Crippen molar-refractivity contribution < 1.29 is 79.7 Å². The van der Waals surface area contributed by atoms with Crippen LogP contribution in [0, 0.1) is 0 Å². The van der Waals surface area contributed by atoms with Crippen molar-refractivity contribution in [2.45, 2.75) is 25.0 Å². The maximum absolute atomic E-state index is 13.8. The van der Waals surface area contributed by atoms with Gasteiger partial charge in [-0.2, -0.15) is 0 Å². The van der Waals surface area contributed by atoms with Gasteiger partial charge >= 0.3 is 23.9 Å². The number of rotatable bonds is 13. The Balaban J connectivity index is 1.73. The molecule has 0 fully saturated rings. The zero-order chi connectivity index (χ0) is 38.3. The van der Waals surface area contributed by atoms with E-state index in [1.807, 2.05) is 0 Å². The number of carboxylic acid groups (broad SMARTS) is 2. The van der Waals surface area contributed by atoms with E-state index in [1.165, 1.54) is 18.2 Å². The van der Waals surface area contributed by atoms with Gasteiger partial charge in [-0.15, -0.1) is 0 Å². The number of benzene rings is 4. The van der Waals surface area contributed by atoms with E-state index in [9.17, 15) is 70.2 Å². The summed E-state index contributed by atoms with van der Waals surface area (Å²) in [4.78, 5) is 50.5. The Bertz CT molecular complexity index is 2100. The second-order valence-corrected chi connectivity index (χ2v) is 11.1. The highest BCUT2D eigenvalue weighted by Crippen LogP contribution is 2.39. The van der Waals surface area contributed by atoms with E-state index in [-0.39, 0.29) is 22.3 Å². The maximum Gasteiger partial charge on any atom is 0.345 e. The minimum Gasteiger partial charge on any atom is -0.504 e. The summed E-state index contributed by atoms with van der Waals surface area (Å²) < 4.78 is 10.3. The second-order valence-electron chi connectivity index (χ2n) is 11.1. The average molecular weight is 719 g/mol. The Hall–Kier alpha value is -7.36. The summed E-state index contributed by atoms with van der Waals surface area (Å²) in [6.07, 6.45) is -1.92. The number of ether oxygens (including phenoxy) is 2. The first-order valence-electron chi connectivity index (χ1n) is 14.9. The third-order valence-electron chi connectivity index (χ3n) is 7.37. The molecule has 0 radical (unpaired) electrons. The molecule has 0 bridgehead atoms. The summed E-state index contributed by atoms with van der Waals surface area (Å²) in [5, 5.41) is 99.3. The fourth-order valence-corrected chi connectivity index (χ4v) is 4.76. The van der Waals surface area contributed by atoms with Gasteiger partial charge in [0.1, 0.15) is 0 Å². The van der Waals surface area contributed by atoms with Gasteiger partial charge in [0, 0.05) is 24.5 Å². The molecule has 270 valence electrons. The van der Waals surface area contributed by atoms with Crippen molar-refractivity contribution >= 4 is 41.6 Å². The van der Waals surface area contributed by atoms with E-state index in [2.05, 4.69) is 0 Å². The molecule has 0 saturated carbocycles. The Morgan fingerprint density at radius 1 is 0.577 bits per heavy atom. The van der Waals surface area contributed by atoms with Crippen LogP contribution >= 0.6 is 0 Å². The second kappa shape index (κ2) is 15.9. The molecule has 0 saturated heterocycles. The summed E-state index contributed by atoms with van der Waals surface area (Å²) in [6, 6.07) is 12.3. The Kier molecular flexibility index (Phi) is 11.5. The molecule has 4 rings (SSSR count). The predicted octanol–water partition coefficient (Wildman–Crippen LogP) is 3.36. The summed E-state index contributed by atoms with van der Waals surface area (Å²) in [7, 11) is 0. The molecule has 0 aliphatic heterocycles. The van der Waals surface area contributed by atoms with E-state index in [4.69, 9.17) is 9.47 Å². The third-order valence-corrected chi connectivity index (χ3v) is 7.37. The zero-order valence-electron chi connectivity index (χ0n) is 26.6. The number of phenolic OH excluding ortho intramolecular Hbond substituents is 8. The molecule has 52 heavy (non-hydrogen) atoms. The highest BCUT2D eigenvalue weighted by Gasteiger charge is 2.29. The lowest BCUT2D eigenvalue weighted by Crippen LogP contribution is -2.29. The van der Waals surface area contributed by atoms with Crippen molar-refractivity contribution in [3.63, 3.8) is 0 Å². The van der Waals surface area contributed by atoms with Crippen LogP contribution in [0.15, 0.2) is 72.8 Å². The van der Waals surface area contributed by atoms with Crippen molar-refractivity contribution in [2.24, 2.45) is 0 Å². The first kappa shape index (κ1) is 37.5. The monoisotopic (exact) mass is 718 g/mol. The zero-order valence-corrected chi connectivity index (χ0v) is 26.6. The van der Waals surface area contributed by atoms with Crippen molar-refractivity contribution in [3.05, 3.63) is 101 Å². The molecule has 0 aliphatic carbocycles. The van der Waals surface area contributed by atoms with Crippen molar-refractivity contribution in [1.29, 1.82) is 0 Å². The van der Waals surface area contributed by atoms with Gasteiger partial charge in [0.2, 0.25) is 12.2 Å². The lowest BCUT2D eigenvalue weighted by molar-refractivity contribution is -0.160. The molecule has 0 heterocycles. The molecule has 2 unspecified atom stereocenters. The Morgan fingerprint density at radius 2 is 1.06 bits per heavy atom. The van der Waals surface area contributed by atoms with Crippen LogP contribution < -0.4 is 0 Å². The van der Waals surface area contributed by atoms with E-state index < -0.39 is 106 Å². The highest BCUT2D eigenvalue weighted by atomic mass is 16.6. The molecular weight excluding hydrogens is 688 g/mol. The topological polar surface area (TPSA) is 289 Å². The normalized spacial score (nSPS) is 12.6. The fraction of sp³-hybridized carbons (Fsp3) is 0.111. The number of esters is 2. The van der Waals surface area contributed by atoms with Crippen LogP contribution in [-0.4, -0.2) is 87.2 Å². The van der Waals surface area contributed by atoms with E-state index in [0.717, 1.165) is 66.8 Å². The first-order chi connectivity index (χ1) is 24.5. The number of phenols is 8. The van der Waals surface area contributed by atoms with Crippen molar-refractivity contribution in [2.75, 3.05) is 0 Å². The fourth-order valence-electron chi connectivity index (χ4n) is 4.76. The van der Waals surface area contributed by atoms with Gasteiger partial charge in [-0.05, 0) is 76.9 Å². The van der Waals surface area contributed by atoms with Gasteiger partial charge in [0.05, 0.1) is 5.57 Å². The van der Waals surface area contributed by atoms with Crippen LogP contribution in [-0.2, 0) is 41.5 Å². The van der Waals surface area contributed by atoms with Crippen LogP contribution in [0.2, 0.25) is 0 Å². The van der Waals surface area contributed by atoms with Crippen molar-refractivity contribution in [1.82, 2.24) is 0 Å². The summed E-state index contributed by atoms with van der Waals surface area (Å²) in [6.45, 7) is 0. The largest absolute Gasteiger partial charge is 0.504 e. The van der Waals surface area contributed by atoms with Crippen LogP contribution in [0.4, 0.5) is 0 Å². The van der Waals surface area contributed by atoms with Crippen LogP contribution in [0.3, 0.4) is 0 Å². The number of aliphatic carboxylic acids is 2.